The Hall–Kier alpha value is -2.66. The zero-order valence-corrected chi connectivity index (χ0v) is 14.0. The lowest BCUT2D eigenvalue weighted by Crippen LogP contribution is -2.00. The number of aromatic nitrogens is 4. The van der Waals surface area contributed by atoms with Gasteiger partial charge in [0.25, 0.3) is 0 Å². The van der Waals surface area contributed by atoms with Crippen molar-refractivity contribution in [2.75, 3.05) is 0 Å². The summed E-state index contributed by atoms with van der Waals surface area (Å²) in [7, 11) is 0. The fourth-order valence-electron chi connectivity index (χ4n) is 2.67. The van der Waals surface area contributed by atoms with Crippen molar-refractivity contribution in [3.63, 3.8) is 0 Å². The number of hydrogen-bond acceptors (Lipinski definition) is 4. The highest BCUT2D eigenvalue weighted by atomic mass is 32.2. The van der Waals surface area contributed by atoms with Gasteiger partial charge in [-0.25, -0.2) is 0 Å². The minimum Gasteiger partial charge on any atom is -0.187 e. The summed E-state index contributed by atoms with van der Waals surface area (Å²) in [5.41, 5.74) is 2.23. The lowest BCUT2D eigenvalue weighted by Gasteiger charge is -2.12. The lowest BCUT2D eigenvalue weighted by atomic mass is 10.1. The Morgan fingerprint density at radius 2 is 1.62 bits per heavy atom. The zero-order valence-electron chi connectivity index (χ0n) is 13.2. The number of hydrogen-bond donors (Lipinski definition) is 0. The first-order chi connectivity index (χ1) is 11.8. The van der Waals surface area contributed by atoms with Crippen LogP contribution in [-0.2, 0) is 0 Å². The maximum Gasteiger partial charge on any atom is 0.214 e. The van der Waals surface area contributed by atoms with Crippen LogP contribution in [0.4, 0.5) is 0 Å². The Morgan fingerprint density at radius 3 is 2.46 bits per heavy atom. The summed E-state index contributed by atoms with van der Waals surface area (Å²) in [6.45, 7) is 2.18. The van der Waals surface area contributed by atoms with Crippen molar-refractivity contribution >= 4 is 22.5 Å². The van der Waals surface area contributed by atoms with Crippen LogP contribution >= 0.6 is 11.8 Å². The molecule has 0 N–H and O–H groups in total. The molecule has 1 heterocycles. The molecule has 4 nitrogen and oxygen atoms in total. The van der Waals surface area contributed by atoms with Gasteiger partial charge in [0.1, 0.15) is 0 Å². The van der Waals surface area contributed by atoms with Crippen LogP contribution < -0.4 is 0 Å². The summed E-state index contributed by atoms with van der Waals surface area (Å²) >= 11 is 1.66. The van der Waals surface area contributed by atoms with Gasteiger partial charge in [0.05, 0.1) is 5.69 Å². The van der Waals surface area contributed by atoms with E-state index in [-0.39, 0.29) is 5.25 Å². The average molecular weight is 332 g/mol. The summed E-state index contributed by atoms with van der Waals surface area (Å²) in [5, 5.41) is 15.7. The van der Waals surface area contributed by atoms with Gasteiger partial charge >= 0.3 is 0 Å². The molecule has 0 saturated heterocycles. The Morgan fingerprint density at radius 1 is 0.875 bits per heavy atom. The van der Waals surface area contributed by atoms with Gasteiger partial charge in [-0.15, -0.1) is 5.10 Å². The molecule has 0 radical (unpaired) electrons. The van der Waals surface area contributed by atoms with Gasteiger partial charge in [0.15, 0.2) is 0 Å². The molecule has 3 aromatic carbocycles. The second-order valence-corrected chi connectivity index (χ2v) is 6.88. The summed E-state index contributed by atoms with van der Waals surface area (Å²) in [5.74, 6) is 0. The average Bonchev–Trinajstić information content (AvgIpc) is 3.10. The molecule has 4 aromatic rings. The summed E-state index contributed by atoms with van der Waals surface area (Å²) in [6.07, 6.45) is 0. The summed E-state index contributed by atoms with van der Waals surface area (Å²) in [6, 6.07) is 24.9. The van der Waals surface area contributed by atoms with E-state index in [9.17, 15) is 0 Å². The molecule has 0 aliphatic heterocycles. The molecule has 1 unspecified atom stereocenters. The number of fused-ring (bicyclic) bond motifs is 1. The highest BCUT2D eigenvalue weighted by molar-refractivity contribution is 7.99. The third-order valence-corrected chi connectivity index (χ3v) is 5.06. The van der Waals surface area contributed by atoms with Gasteiger partial charge in [0, 0.05) is 5.25 Å². The predicted octanol–water partition coefficient (Wildman–Crippen LogP) is 4.67. The third-order valence-electron chi connectivity index (χ3n) is 3.97. The van der Waals surface area contributed by atoms with Gasteiger partial charge in [-0.05, 0) is 45.8 Å². The molecule has 0 fully saturated rings. The molecule has 0 spiro atoms. The molecule has 0 aliphatic rings. The van der Waals surface area contributed by atoms with Crippen molar-refractivity contribution in [1.29, 1.82) is 0 Å². The topological polar surface area (TPSA) is 43.6 Å². The Bertz CT molecular complexity index is 965. The molecule has 4 rings (SSSR count). The van der Waals surface area contributed by atoms with Crippen molar-refractivity contribution in [3.05, 3.63) is 78.4 Å². The minimum atomic E-state index is 0.253. The molecule has 1 aromatic heterocycles. The second kappa shape index (κ2) is 6.45. The molecule has 0 bridgehead atoms. The van der Waals surface area contributed by atoms with Crippen LogP contribution in [-0.4, -0.2) is 20.2 Å². The van der Waals surface area contributed by atoms with E-state index in [0.717, 1.165) is 10.8 Å². The molecule has 0 amide bonds. The van der Waals surface area contributed by atoms with E-state index in [1.165, 1.54) is 16.3 Å². The number of rotatable bonds is 4. The predicted molar refractivity (Wildman–Crippen MR) is 97.4 cm³/mol. The standard InChI is InChI=1S/C19H16N4S/c1-14(16-12-11-15-7-5-6-8-17(15)13-16)24-19-20-21-22-23(19)18-9-3-2-4-10-18/h2-14H,1H3. The maximum atomic E-state index is 4.19. The monoisotopic (exact) mass is 332 g/mol. The van der Waals surface area contributed by atoms with Crippen LogP contribution in [0.3, 0.4) is 0 Å². The number of nitrogens with zero attached hydrogens (tertiary/aromatic N) is 4. The van der Waals surface area contributed by atoms with E-state index in [4.69, 9.17) is 0 Å². The summed E-state index contributed by atoms with van der Waals surface area (Å²) in [4.78, 5) is 0. The van der Waals surface area contributed by atoms with Crippen molar-refractivity contribution < 1.29 is 0 Å². The van der Waals surface area contributed by atoms with Gasteiger partial charge in [0.2, 0.25) is 5.16 Å². The van der Waals surface area contributed by atoms with Gasteiger partial charge in [-0.2, -0.15) is 4.68 Å². The molecule has 1 atom stereocenters. The van der Waals surface area contributed by atoms with Gasteiger partial charge < -0.3 is 0 Å². The molecule has 5 heteroatoms. The van der Waals surface area contributed by atoms with Crippen LogP contribution in [0.5, 0.6) is 0 Å². The van der Waals surface area contributed by atoms with E-state index < -0.39 is 0 Å². The highest BCUT2D eigenvalue weighted by Crippen LogP contribution is 2.35. The number of para-hydroxylation sites is 1. The van der Waals surface area contributed by atoms with E-state index >= 15 is 0 Å². The van der Waals surface area contributed by atoms with E-state index in [1.54, 1.807) is 16.4 Å². The molecule has 0 aliphatic carbocycles. The fraction of sp³-hybridized carbons (Fsp3) is 0.105. The first-order valence-electron chi connectivity index (χ1n) is 7.80. The van der Waals surface area contributed by atoms with Crippen LogP contribution in [0.2, 0.25) is 0 Å². The molecular formula is C19H16N4S. The van der Waals surface area contributed by atoms with E-state index in [1.807, 2.05) is 30.3 Å². The Balaban J connectivity index is 1.62. The normalized spacial score (nSPS) is 12.4. The molecule has 24 heavy (non-hydrogen) atoms. The van der Waals surface area contributed by atoms with Gasteiger partial charge in [-0.1, -0.05) is 72.4 Å². The second-order valence-electron chi connectivity index (χ2n) is 5.58. The Labute approximate surface area is 144 Å². The highest BCUT2D eigenvalue weighted by Gasteiger charge is 2.15. The van der Waals surface area contributed by atoms with E-state index in [2.05, 4.69) is 64.9 Å². The molecule has 0 saturated carbocycles. The fourth-order valence-corrected chi connectivity index (χ4v) is 3.59. The Kier molecular flexibility index (Phi) is 4.01. The largest absolute Gasteiger partial charge is 0.214 e. The smallest absolute Gasteiger partial charge is 0.187 e. The quantitative estimate of drug-likeness (QED) is 0.509. The van der Waals surface area contributed by atoms with E-state index in [0.29, 0.717) is 0 Å². The van der Waals surface area contributed by atoms with Crippen molar-refractivity contribution in [2.45, 2.75) is 17.3 Å². The number of tetrazole rings is 1. The third kappa shape index (κ3) is 2.90. The SMILES string of the molecule is CC(Sc1nnnn1-c1ccccc1)c1ccc2ccccc2c1. The molecular weight excluding hydrogens is 316 g/mol. The van der Waals surface area contributed by atoms with Gasteiger partial charge in [-0.3, -0.25) is 0 Å². The van der Waals surface area contributed by atoms with Crippen molar-refractivity contribution in [2.24, 2.45) is 0 Å². The minimum absolute atomic E-state index is 0.253. The summed E-state index contributed by atoms with van der Waals surface area (Å²) < 4.78 is 1.78. The van der Waals surface area contributed by atoms with Crippen LogP contribution in [0, 0.1) is 0 Å². The first-order valence-corrected chi connectivity index (χ1v) is 8.68. The zero-order chi connectivity index (χ0) is 16.4. The first kappa shape index (κ1) is 14.9. The van der Waals surface area contributed by atoms with Crippen molar-refractivity contribution in [1.82, 2.24) is 20.2 Å². The number of benzene rings is 3. The lowest BCUT2D eigenvalue weighted by molar-refractivity contribution is 0.755. The number of thioether (sulfide) groups is 1. The van der Waals surface area contributed by atoms with Crippen molar-refractivity contribution in [3.8, 4) is 5.69 Å². The molecule has 118 valence electrons. The maximum absolute atomic E-state index is 4.19. The van der Waals surface area contributed by atoms with Crippen LogP contribution in [0.15, 0.2) is 78.0 Å². The van der Waals surface area contributed by atoms with Crippen LogP contribution in [0.25, 0.3) is 16.5 Å². The van der Waals surface area contributed by atoms with Crippen LogP contribution in [0.1, 0.15) is 17.7 Å².